The van der Waals surface area contributed by atoms with E-state index >= 15 is 0 Å². The zero-order valence-electron chi connectivity index (χ0n) is 11.1. The Morgan fingerprint density at radius 3 is 3.00 bits per heavy atom. The second-order valence-electron chi connectivity index (χ2n) is 4.50. The van der Waals surface area contributed by atoms with Gasteiger partial charge < -0.3 is 15.0 Å². The van der Waals surface area contributed by atoms with Crippen LogP contribution in [0.15, 0.2) is 34.7 Å². The van der Waals surface area contributed by atoms with Gasteiger partial charge in [-0.25, -0.2) is 0 Å². The lowest BCUT2D eigenvalue weighted by molar-refractivity contribution is -0.119. The molecule has 3 rings (SSSR count). The fraction of sp³-hybridized carbons (Fsp3) is 0.286. The van der Waals surface area contributed by atoms with Gasteiger partial charge in [-0.15, -0.1) is 0 Å². The van der Waals surface area contributed by atoms with Crippen molar-refractivity contribution in [2.75, 3.05) is 32.1 Å². The number of anilines is 1. The third-order valence-electron chi connectivity index (χ3n) is 3.11. The van der Waals surface area contributed by atoms with Gasteiger partial charge in [-0.3, -0.25) is 9.79 Å². The van der Waals surface area contributed by atoms with Gasteiger partial charge in [0.1, 0.15) is 6.61 Å². The third-order valence-corrected chi connectivity index (χ3v) is 4.01. The van der Waals surface area contributed by atoms with E-state index in [2.05, 4.69) is 20.6 Å². The molecule has 2 aliphatic heterocycles. The normalized spacial score (nSPS) is 16.8. The fourth-order valence-electron chi connectivity index (χ4n) is 2.20. The average molecular weight is 289 g/mol. The number of nitrogens with one attached hydrogen (secondary N) is 1. The van der Waals surface area contributed by atoms with Crippen molar-refractivity contribution in [3.63, 3.8) is 0 Å². The van der Waals surface area contributed by atoms with Gasteiger partial charge in [-0.05, 0) is 17.7 Å². The van der Waals surface area contributed by atoms with Crippen LogP contribution in [0, 0.1) is 0 Å². The number of amidine groups is 1. The van der Waals surface area contributed by atoms with E-state index in [1.165, 1.54) is 12.8 Å². The Bertz CT molecular complexity index is 581. The number of benzene rings is 1. The van der Waals surface area contributed by atoms with Crippen LogP contribution in [0.2, 0.25) is 0 Å². The van der Waals surface area contributed by atoms with E-state index < -0.39 is 0 Å². The number of carbonyl (C=O) groups excluding carboxylic acids is 1. The molecule has 0 aliphatic carbocycles. The Morgan fingerprint density at radius 1 is 1.45 bits per heavy atom. The fourth-order valence-corrected chi connectivity index (χ4v) is 3.16. The maximum Gasteiger partial charge on any atom is 0.250 e. The average Bonchev–Trinajstić information content (AvgIpc) is 3.02. The maximum atomic E-state index is 11.4. The Hall–Kier alpha value is -1.79. The van der Waals surface area contributed by atoms with Crippen molar-refractivity contribution in [2.45, 2.75) is 0 Å². The van der Waals surface area contributed by atoms with Crippen LogP contribution in [0.3, 0.4) is 0 Å². The van der Waals surface area contributed by atoms with Gasteiger partial charge in [0.05, 0.1) is 12.2 Å². The molecule has 104 valence electrons. The monoisotopic (exact) mass is 289 g/mol. The van der Waals surface area contributed by atoms with Crippen molar-refractivity contribution >= 4 is 34.2 Å². The molecule has 1 aromatic rings. The van der Waals surface area contributed by atoms with Gasteiger partial charge in [0.2, 0.25) is 5.91 Å². The number of hydrogen-bond acceptors (Lipinski definition) is 5. The maximum absolute atomic E-state index is 11.4. The molecule has 2 aliphatic rings. The van der Waals surface area contributed by atoms with E-state index in [9.17, 15) is 4.79 Å². The molecule has 0 atom stereocenters. The minimum Gasteiger partial charge on any atom is -0.375 e. The number of thioether (sulfide) groups is 1. The zero-order valence-corrected chi connectivity index (χ0v) is 11.9. The summed E-state index contributed by atoms with van der Waals surface area (Å²) in [6.45, 7) is 1.88. The first-order valence-electron chi connectivity index (χ1n) is 6.36. The minimum absolute atomic E-state index is 0.0666. The Morgan fingerprint density at radius 2 is 2.25 bits per heavy atom. The minimum atomic E-state index is -0.148. The first-order chi connectivity index (χ1) is 9.78. The Balaban J connectivity index is 1.71. The summed E-state index contributed by atoms with van der Waals surface area (Å²) in [5, 5.41) is 5.98. The molecule has 0 unspecified atom stereocenters. The Labute approximate surface area is 121 Å². The van der Waals surface area contributed by atoms with Crippen LogP contribution in [0.25, 0.3) is 5.70 Å². The molecule has 5 nitrogen and oxygen atoms in total. The summed E-state index contributed by atoms with van der Waals surface area (Å²) in [7, 11) is 1.50. The van der Waals surface area contributed by atoms with Crippen molar-refractivity contribution in [3.8, 4) is 0 Å². The molecule has 0 bridgehead atoms. The molecular formula is C14H15N3O2S. The SMILES string of the molecule is COCC(=O)Nc1ccc(C2=CSC3=NCCN23)cc1. The lowest BCUT2D eigenvalue weighted by Gasteiger charge is -2.16. The molecule has 1 amide bonds. The first kappa shape index (κ1) is 13.2. The quantitative estimate of drug-likeness (QED) is 0.921. The van der Waals surface area contributed by atoms with Crippen LogP contribution in [0.4, 0.5) is 5.69 Å². The molecule has 0 saturated carbocycles. The number of aliphatic imine (C=N–C) groups is 1. The van der Waals surface area contributed by atoms with Crippen molar-refractivity contribution in [3.05, 3.63) is 35.2 Å². The van der Waals surface area contributed by atoms with Gasteiger partial charge in [0, 0.05) is 24.7 Å². The van der Waals surface area contributed by atoms with Gasteiger partial charge >= 0.3 is 0 Å². The first-order valence-corrected chi connectivity index (χ1v) is 7.24. The van der Waals surface area contributed by atoms with Crippen LogP contribution in [-0.2, 0) is 9.53 Å². The highest BCUT2D eigenvalue weighted by molar-refractivity contribution is 8.16. The van der Waals surface area contributed by atoms with E-state index in [-0.39, 0.29) is 12.5 Å². The molecule has 2 heterocycles. The van der Waals surface area contributed by atoms with Crippen molar-refractivity contribution in [2.24, 2.45) is 4.99 Å². The molecule has 0 radical (unpaired) electrons. The third kappa shape index (κ3) is 2.57. The highest BCUT2D eigenvalue weighted by atomic mass is 32.2. The van der Waals surface area contributed by atoms with E-state index in [4.69, 9.17) is 4.74 Å². The number of amides is 1. The molecule has 0 aromatic heterocycles. The van der Waals surface area contributed by atoms with Crippen LogP contribution in [0.5, 0.6) is 0 Å². The number of rotatable bonds is 4. The van der Waals surface area contributed by atoms with E-state index in [1.54, 1.807) is 11.8 Å². The number of ether oxygens (including phenoxy) is 1. The standard InChI is InChI=1S/C14H15N3O2S/c1-19-8-13(18)16-11-4-2-10(3-5-11)12-9-20-14-15-6-7-17(12)14/h2-5,9H,6-8H2,1H3,(H,16,18). The Kier molecular flexibility index (Phi) is 3.75. The van der Waals surface area contributed by atoms with E-state index in [1.807, 2.05) is 24.3 Å². The molecular weight excluding hydrogens is 274 g/mol. The van der Waals surface area contributed by atoms with Gasteiger partial charge in [0.15, 0.2) is 5.17 Å². The highest BCUT2D eigenvalue weighted by Gasteiger charge is 2.26. The number of carbonyl (C=O) groups is 1. The lowest BCUT2D eigenvalue weighted by Crippen LogP contribution is -2.20. The molecule has 0 saturated heterocycles. The predicted octanol–water partition coefficient (Wildman–Crippen LogP) is 1.99. The largest absolute Gasteiger partial charge is 0.375 e. The van der Waals surface area contributed by atoms with Crippen LogP contribution in [0.1, 0.15) is 5.56 Å². The zero-order chi connectivity index (χ0) is 13.9. The number of methoxy groups -OCH3 is 1. The molecule has 20 heavy (non-hydrogen) atoms. The molecule has 0 spiro atoms. The van der Waals surface area contributed by atoms with Crippen LogP contribution < -0.4 is 5.32 Å². The van der Waals surface area contributed by atoms with Crippen LogP contribution in [-0.4, -0.2) is 42.8 Å². The summed E-state index contributed by atoms with van der Waals surface area (Å²) >= 11 is 1.66. The summed E-state index contributed by atoms with van der Waals surface area (Å²) in [5.74, 6) is -0.148. The van der Waals surface area contributed by atoms with Gasteiger partial charge in [-0.2, -0.15) is 0 Å². The van der Waals surface area contributed by atoms with E-state index in [0.29, 0.717) is 0 Å². The van der Waals surface area contributed by atoms with Crippen LogP contribution >= 0.6 is 11.8 Å². The second-order valence-corrected chi connectivity index (χ2v) is 5.33. The van der Waals surface area contributed by atoms with Crippen molar-refractivity contribution < 1.29 is 9.53 Å². The van der Waals surface area contributed by atoms with E-state index in [0.717, 1.165) is 29.5 Å². The molecule has 0 fully saturated rings. The molecule has 6 heteroatoms. The molecule has 1 aromatic carbocycles. The van der Waals surface area contributed by atoms with Crippen molar-refractivity contribution in [1.82, 2.24) is 4.90 Å². The number of fused-ring (bicyclic) bond motifs is 1. The number of nitrogens with zero attached hydrogens (tertiary/aromatic N) is 2. The van der Waals surface area contributed by atoms with Gasteiger partial charge in [-0.1, -0.05) is 23.9 Å². The topological polar surface area (TPSA) is 53.9 Å². The number of hydrogen-bond donors (Lipinski definition) is 1. The summed E-state index contributed by atoms with van der Waals surface area (Å²) in [4.78, 5) is 18.1. The summed E-state index contributed by atoms with van der Waals surface area (Å²) in [6, 6.07) is 7.82. The molecule has 1 N–H and O–H groups in total. The summed E-state index contributed by atoms with van der Waals surface area (Å²) < 4.78 is 4.78. The lowest BCUT2D eigenvalue weighted by atomic mass is 10.1. The predicted molar refractivity (Wildman–Crippen MR) is 81.5 cm³/mol. The van der Waals surface area contributed by atoms with Crippen molar-refractivity contribution in [1.29, 1.82) is 0 Å². The highest BCUT2D eigenvalue weighted by Crippen LogP contribution is 2.35. The smallest absolute Gasteiger partial charge is 0.250 e. The summed E-state index contributed by atoms with van der Waals surface area (Å²) in [6.07, 6.45) is 0. The summed E-state index contributed by atoms with van der Waals surface area (Å²) in [5.41, 5.74) is 3.09. The van der Waals surface area contributed by atoms with Gasteiger partial charge in [0.25, 0.3) is 0 Å². The second kappa shape index (κ2) is 5.68.